The lowest BCUT2D eigenvalue weighted by Crippen LogP contribution is -2.10. The number of ether oxygens (including phenoxy) is 2. The average molecular weight is 418 g/mol. The van der Waals surface area contributed by atoms with Crippen LogP contribution in [-0.4, -0.2) is 33.1 Å². The van der Waals surface area contributed by atoms with Gasteiger partial charge in [0, 0.05) is 10.7 Å². The van der Waals surface area contributed by atoms with Crippen LogP contribution in [0.4, 0.5) is 0 Å². The molecule has 0 bridgehead atoms. The fraction of sp³-hybridized carbons (Fsp3) is 0.250. The van der Waals surface area contributed by atoms with E-state index in [1.165, 1.54) is 11.8 Å². The van der Waals surface area contributed by atoms with Crippen LogP contribution in [0.25, 0.3) is 5.69 Å². The molecule has 0 N–H and O–H groups in total. The third-order valence-corrected chi connectivity index (χ3v) is 4.84. The number of thioether (sulfide) groups is 1. The fourth-order valence-electron chi connectivity index (χ4n) is 2.38. The molecule has 0 fully saturated rings. The van der Waals surface area contributed by atoms with Crippen LogP contribution in [0.1, 0.15) is 19.2 Å². The molecule has 0 aliphatic rings. The quantitative estimate of drug-likeness (QED) is 0.376. The highest BCUT2D eigenvalue weighted by Crippen LogP contribution is 2.23. The van der Waals surface area contributed by atoms with E-state index in [0.717, 1.165) is 12.1 Å². The van der Waals surface area contributed by atoms with E-state index in [-0.39, 0.29) is 18.3 Å². The van der Waals surface area contributed by atoms with Crippen LogP contribution in [0.5, 0.6) is 5.75 Å². The second-order valence-corrected chi connectivity index (χ2v) is 7.20. The van der Waals surface area contributed by atoms with E-state index >= 15 is 0 Å². The lowest BCUT2D eigenvalue weighted by atomic mass is 10.3. The number of carbonyl (C=O) groups is 1. The zero-order valence-corrected chi connectivity index (χ0v) is 16.9. The minimum absolute atomic E-state index is 0.170. The van der Waals surface area contributed by atoms with E-state index < -0.39 is 0 Å². The number of hydrogen-bond acceptors (Lipinski definition) is 6. The molecule has 3 aromatic rings. The lowest BCUT2D eigenvalue weighted by molar-refractivity contribution is -0.140. The van der Waals surface area contributed by atoms with Crippen molar-refractivity contribution in [1.82, 2.24) is 14.8 Å². The van der Waals surface area contributed by atoms with Gasteiger partial charge in [-0.3, -0.25) is 9.36 Å². The Morgan fingerprint density at radius 1 is 1.11 bits per heavy atom. The highest BCUT2D eigenvalue weighted by molar-refractivity contribution is 7.99. The van der Waals surface area contributed by atoms with Crippen LogP contribution >= 0.6 is 23.4 Å². The van der Waals surface area contributed by atoms with Gasteiger partial charge in [-0.15, -0.1) is 10.2 Å². The van der Waals surface area contributed by atoms with Gasteiger partial charge in [-0.25, -0.2) is 0 Å². The van der Waals surface area contributed by atoms with Crippen molar-refractivity contribution in [2.75, 3.05) is 12.4 Å². The van der Waals surface area contributed by atoms with Crippen LogP contribution in [0.15, 0.2) is 59.8 Å². The molecule has 1 heterocycles. The smallest absolute Gasteiger partial charge is 0.316 e. The molecule has 0 aliphatic carbocycles. The van der Waals surface area contributed by atoms with Crippen LogP contribution in [0, 0.1) is 0 Å². The molecule has 0 aliphatic heterocycles. The minimum Gasteiger partial charge on any atom is -0.486 e. The summed E-state index contributed by atoms with van der Waals surface area (Å²) >= 11 is 7.19. The Morgan fingerprint density at radius 2 is 1.86 bits per heavy atom. The van der Waals surface area contributed by atoms with Crippen LogP contribution in [0.3, 0.4) is 0 Å². The maximum absolute atomic E-state index is 11.8. The number of halogens is 1. The lowest BCUT2D eigenvalue weighted by Gasteiger charge is -2.11. The highest BCUT2D eigenvalue weighted by atomic mass is 35.5. The molecule has 0 atom stereocenters. The summed E-state index contributed by atoms with van der Waals surface area (Å²) in [5, 5.41) is 9.74. The number of nitrogens with zero attached hydrogens (tertiary/aromatic N) is 3. The van der Waals surface area contributed by atoms with Gasteiger partial charge < -0.3 is 9.47 Å². The topological polar surface area (TPSA) is 66.2 Å². The number of rotatable bonds is 9. The second-order valence-electron chi connectivity index (χ2n) is 5.82. The predicted octanol–water partition coefficient (Wildman–Crippen LogP) is 4.55. The van der Waals surface area contributed by atoms with Crippen LogP contribution < -0.4 is 4.74 Å². The van der Waals surface area contributed by atoms with Crippen molar-refractivity contribution in [3.63, 3.8) is 0 Å². The molecule has 0 amide bonds. The van der Waals surface area contributed by atoms with Crippen molar-refractivity contribution >= 4 is 29.3 Å². The maximum atomic E-state index is 11.8. The average Bonchev–Trinajstić information content (AvgIpc) is 3.13. The first kappa shape index (κ1) is 20.2. The summed E-state index contributed by atoms with van der Waals surface area (Å²) in [7, 11) is 0. The summed E-state index contributed by atoms with van der Waals surface area (Å²) in [6, 6.07) is 16.8. The van der Waals surface area contributed by atoms with Gasteiger partial charge in [0.2, 0.25) is 0 Å². The van der Waals surface area contributed by atoms with Gasteiger partial charge in [-0.2, -0.15) is 0 Å². The molecule has 1 aromatic heterocycles. The van der Waals surface area contributed by atoms with Gasteiger partial charge >= 0.3 is 5.97 Å². The third kappa shape index (κ3) is 5.50. The van der Waals surface area contributed by atoms with Crippen molar-refractivity contribution in [3.8, 4) is 11.4 Å². The van der Waals surface area contributed by atoms with Crippen molar-refractivity contribution in [2.45, 2.75) is 25.1 Å². The van der Waals surface area contributed by atoms with Crippen molar-refractivity contribution in [1.29, 1.82) is 0 Å². The van der Waals surface area contributed by atoms with E-state index in [1.54, 1.807) is 24.3 Å². The first-order valence-corrected chi connectivity index (χ1v) is 10.2. The Kier molecular flexibility index (Phi) is 7.33. The van der Waals surface area contributed by atoms with Gasteiger partial charge in [0.15, 0.2) is 11.0 Å². The first-order chi connectivity index (χ1) is 13.7. The monoisotopic (exact) mass is 417 g/mol. The first-order valence-electron chi connectivity index (χ1n) is 8.84. The molecule has 8 heteroatoms. The molecule has 0 saturated carbocycles. The van der Waals surface area contributed by atoms with Crippen LogP contribution in [0.2, 0.25) is 5.02 Å². The summed E-state index contributed by atoms with van der Waals surface area (Å²) < 4.78 is 12.8. The van der Waals surface area contributed by atoms with E-state index in [4.69, 9.17) is 21.1 Å². The minimum atomic E-state index is -0.270. The summed E-state index contributed by atoms with van der Waals surface area (Å²) in [5.41, 5.74) is 0.895. The van der Waals surface area contributed by atoms with Gasteiger partial charge in [-0.05, 0) is 42.8 Å². The summed E-state index contributed by atoms with van der Waals surface area (Å²) in [4.78, 5) is 11.8. The SMILES string of the molecule is CCCOC(=O)CSc1nnc(COc2ccc(Cl)cc2)n1-c1ccccc1. The highest BCUT2D eigenvalue weighted by Gasteiger charge is 2.16. The number of esters is 1. The van der Waals surface area contributed by atoms with E-state index in [0.29, 0.717) is 28.4 Å². The number of hydrogen-bond donors (Lipinski definition) is 0. The molecule has 0 radical (unpaired) electrons. The Bertz CT molecular complexity index is 901. The number of benzene rings is 2. The Morgan fingerprint density at radius 3 is 2.57 bits per heavy atom. The molecule has 0 saturated heterocycles. The zero-order chi connectivity index (χ0) is 19.8. The number of aromatic nitrogens is 3. The molecule has 0 spiro atoms. The zero-order valence-electron chi connectivity index (χ0n) is 15.4. The number of para-hydroxylation sites is 1. The summed E-state index contributed by atoms with van der Waals surface area (Å²) in [6.07, 6.45) is 0.794. The summed E-state index contributed by atoms with van der Waals surface area (Å²) in [6.45, 7) is 2.61. The normalized spacial score (nSPS) is 10.6. The molecule has 146 valence electrons. The molecule has 2 aromatic carbocycles. The van der Waals surface area contributed by atoms with Gasteiger partial charge in [0.25, 0.3) is 0 Å². The van der Waals surface area contributed by atoms with Crippen molar-refractivity contribution in [3.05, 3.63) is 65.4 Å². The largest absolute Gasteiger partial charge is 0.486 e. The standard InChI is InChI=1S/C20H20ClN3O3S/c1-2-12-26-19(25)14-28-20-23-22-18(24(20)16-6-4-3-5-7-16)13-27-17-10-8-15(21)9-11-17/h3-11H,2,12-14H2,1H3. The molecule has 28 heavy (non-hydrogen) atoms. The molecular formula is C20H20ClN3O3S. The van der Waals surface area contributed by atoms with E-state index in [1.807, 2.05) is 41.8 Å². The maximum Gasteiger partial charge on any atom is 0.316 e. The fourth-order valence-corrected chi connectivity index (χ4v) is 3.28. The van der Waals surface area contributed by atoms with Gasteiger partial charge in [-0.1, -0.05) is 48.5 Å². The number of carbonyl (C=O) groups excluding carboxylic acids is 1. The third-order valence-electron chi connectivity index (χ3n) is 3.68. The molecule has 6 nitrogen and oxygen atoms in total. The van der Waals surface area contributed by atoms with E-state index in [2.05, 4.69) is 10.2 Å². The Balaban J connectivity index is 1.77. The Hall–Kier alpha value is -2.51. The molecule has 0 unspecified atom stereocenters. The second kappa shape index (κ2) is 10.1. The predicted molar refractivity (Wildman–Crippen MR) is 109 cm³/mol. The summed E-state index contributed by atoms with van der Waals surface area (Å²) in [5.74, 6) is 1.21. The van der Waals surface area contributed by atoms with E-state index in [9.17, 15) is 4.79 Å². The Labute approximate surface area is 172 Å². The van der Waals surface area contributed by atoms with Crippen molar-refractivity contribution < 1.29 is 14.3 Å². The molecular weight excluding hydrogens is 398 g/mol. The van der Waals surface area contributed by atoms with Crippen LogP contribution in [-0.2, 0) is 16.1 Å². The van der Waals surface area contributed by atoms with Gasteiger partial charge in [0.05, 0.1) is 12.4 Å². The van der Waals surface area contributed by atoms with Gasteiger partial charge in [0.1, 0.15) is 12.4 Å². The molecule has 3 rings (SSSR count). The van der Waals surface area contributed by atoms with Crippen molar-refractivity contribution in [2.24, 2.45) is 0 Å².